The van der Waals surface area contributed by atoms with Gasteiger partial charge in [-0.15, -0.1) is 11.6 Å². The SMILES string of the molecule is COCC(Cl)Cc1ccc(C(F)(F)F)cc1Br. The minimum Gasteiger partial charge on any atom is -0.383 e. The van der Waals surface area contributed by atoms with Crippen molar-refractivity contribution >= 4 is 27.5 Å². The molecular weight excluding hydrogens is 320 g/mol. The molecule has 0 fully saturated rings. The van der Waals surface area contributed by atoms with Gasteiger partial charge in [0.25, 0.3) is 0 Å². The molecule has 0 N–H and O–H groups in total. The Morgan fingerprint density at radius 3 is 2.53 bits per heavy atom. The van der Waals surface area contributed by atoms with Gasteiger partial charge >= 0.3 is 6.18 Å². The van der Waals surface area contributed by atoms with Crippen LogP contribution in [0.5, 0.6) is 0 Å². The van der Waals surface area contributed by atoms with Crippen molar-refractivity contribution < 1.29 is 17.9 Å². The molecule has 1 nitrogen and oxygen atoms in total. The number of rotatable bonds is 4. The predicted octanol–water partition coefficient (Wildman–Crippen LogP) is 4.26. The Bertz CT molecular complexity index is 381. The van der Waals surface area contributed by atoms with Crippen LogP contribution in [0, 0.1) is 0 Å². The van der Waals surface area contributed by atoms with Gasteiger partial charge in [0.05, 0.1) is 17.5 Å². The molecule has 0 aliphatic rings. The largest absolute Gasteiger partial charge is 0.416 e. The lowest BCUT2D eigenvalue weighted by molar-refractivity contribution is -0.137. The van der Waals surface area contributed by atoms with Gasteiger partial charge in [-0.3, -0.25) is 0 Å². The molecule has 0 spiro atoms. The fourth-order valence-corrected chi connectivity index (χ4v) is 2.20. The maximum Gasteiger partial charge on any atom is 0.416 e. The van der Waals surface area contributed by atoms with Crippen molar-refractivity contribution in [2.75, 3.05) is 13.7 Å². The minimum atomic E-state index is -4.33. The van der Waals surface area contributed by atoms with Gasteiger partial charge in [0.1, 0.15) is 0 Å². The van der Waals surface area contributed by atoms with Crippen molar-refractivity contribution in [3.63, 3.8) is 0 Å². The van der Waals surface area contributed by atoms with Crippen molar-refractivity contribution in [3.8, 4) is 0 Å². The maximum atomic E-state index is 12.4. The molecule has 0 aliphatic heterocycles. The molecule has 0 saturated carbocycles. The van der Waals surface area contributed by atoms with E-state index in [1.807, 2.05) is 0 Å². The van der Waals surface area contributed by atoms with E-state index in [9.17, 15) is 13.2 Å². The first-order chi connectivity index (χ1) is 7.84. The van der Waals surface area contributed by atoms with Crippen molar-refractivity contribution in [3.05, 3.63) is 33.8 Å². The summed E-state index contributed by atoms with van der Waals surface area (Å²) in [4.78, 5) is 0. The van der Waals surface area contributed by atoms with Crippen LogP contribution in [0.3, 0.4) is 0 Å². The number of ether oxygens (including phenoxy) is 1. The lowest BCUT2D eigenvalue weighted by Crippen LogP contribution is -2.12. The standard InChI is InChI=1S/C11H11BrClF3O/c1-17-6-9(13)4-7-2-3-8(5-10(7)12)11(14,15)16/h2-3,5,9H,4,6H2,1H3. The number of halogens is 5. The number of hydrogen-bond acceptors (Lipinski definition) is 1. The predicted molar refractivity (Wildman–Crippen MR) is 64.4 cm³/mol. The lowest BCUT2D eigenvalue weighted by atomic mass is 10.1. The van der Waals surface area contributed by atoms with E-state index in [-0.39, 0.29) is 5.38 Å². The maximum absolute atomic E-state index is 12.4. The van der Waals surface area contributed by atoms with Crippen molar-refractivity contribution in [2.45, 2.75) is 18.0 Å². The van der Waals surface area contributed by atoms with Gasteiger partial charge in [-0.05, 0) is 24.1 Å². The average molecular weight is 332 g/mol. The highest BCUT2D eigenvalue weighted by Crippen LogP contribution is 2.32. The Morgan fingerprint density at radius 2 is 2.06 bits per heavy atom. The second-order valence-electron chi connectivity index (χ2n) is 3.56. The van der Waals surface area contributed by atoms with Gasteiger partial charge in [0.2, 0.25) is 0 Å². The van der Waals surface area contributed by atoms with Crippen LogP contribution in [-0.4, -0.2) is 19.1 Å². The molecule has 0 bridgehead atoms. The molecule has 96 valence electrons. The number of alkyl halides is 4. The summed E-state index contributed by atoms with van der Waals surface area (Å²) in [5.41, 5.74) is 0.0565. The Kier molecular flexibility index (Phi) is 5.28. The first-order valence-electron chi connectivity index (χ1n) is 4.83. The monoisotopic (exact) mass is 330 g/mol. The summed E-state index contributed by atoms with van der Waals surface area (Å²) < 4.78 is 42.5. The fraction of sp³-hybridized carbons (Fsp3) is 0.455. The van der Waals surface area contributed by atoms with E-state index < -0.39 is 11.7 Å². The molecule has 1 aromatic rings. The van der Waals surface area contributed by atoms with Gasteiger partial charge in [-0.2, -0.15) is 13.2 Å². The second kappa shape index (κ2) is 6.07. The third-order valence-electron chi connectivity index (χ3n) is 2.17. The molecular formula is C11H11BrClF3O. The number of benzene rings is 1. The third-order valence-corrected chi connectivity index (χ3v) is 3.19. The zero-order valence-electron chi connectivity index (χ0n) is 9.02. The summed E-state index contributed by atoms with van der Waals surface area (Å²) in [5.74, 6) is 0. The summed E-state index contributed by atoms with van der Waals surface area (Å²) in [6.07, 6.45) is -3.87. The van der Waals surface area contributed by atoms with E-state index in [1.54, 1.807) is 0 Å². The first kappa shape index (κ1) is 14.8. The average Bonchev–Trinajstić information content (AvgIpc) is 2.20. The van der Waals surface area contributed by atoms with E-state index in [4.69, 9.17) is 16.3 Å². The molecule has 1 unspecified atom stereocenters. The molecule has 1 rings (SSSR count). The Hall–Kier alpha value is -0.260. The van der Waals surface area contributed by atoms with E-state index in [1.165, 1.54) is 13.2 Å². The van der Waals surface area contributed by atoms with E-state index in [0.717, 1.165) is 17.7 Å². The van der Waals surface area contributed by atoms with Gasteiger partial charge in [0.15, 0.2) is 0 Å². The van der Waals surface area contributed by atoms with Gasteiger partial charge < -0.3 is 4.74 Å². The summed E-state index contributed by atoms with van der Waals surface area (Å²) in [5, 5.41) is -0.256. The van der Waals surface area contributed by atoms with Crippen LogP contribution >= 0.6 is 27.5 Å². The zero-order valence-corrected chi connectivity index (χ0v) is 11.4. The Labute approximate surface area is 111 Å². The summed E-state index contributed by atoms with van der Waals surface area (Å²) in [7, 11) is 1.52. The lowest BCUT2D eigenvalue weighted by Gasteiger charge is -2.12. The van der Waals surface area contributed by atoms with Crippen molar-refractivity contribution in [2.24, 2.45) is 0 Å². The fourth-order valence-electron chi connectivity index (χ4n) is 1.37. The van der Waals surface area contributed by atoms with Crippen LogP contribution in [0.4, 0.5) is 13.2 Å². The van der Waals surface area contributed by atoms with Crippen LogP contribution in [-0.2, 0) is 17.3 Å². The Balaban J connectivity index is 2.83. The highest BCUT2D eigenvalue weighted by molar-refractivity contribution is 9.10. The highest BCUT2D eigenvalue weighted by atomic mass is 79.9. The minimum absolute atomic E-state index is 0.256. The number of methoxy groups -OCH3 is 1. The van der Waals surface area contributed by atoms with Crippen LogP contribution in [0.1, 0.15) is 11.1 Å². The van der Waals surface area contributed by atoms with Crippen LogP contribution in [0.2, 0.25) is 0 Å². The van der Waals surface area contributed by atoms with Gasteiger partial charge in [0, 0.05) is 11.6 Å². The van der Waals surface area contributed by atoms with Crippen LogP contribution < -0.4 is 0 Å². The highest BCUT2D eigenvalue weighted by Gasteiger charge is 2.30. The quantitative estimate of drug-likeness (QED) is 0.749. The third kappa shape index (κ3) is 4.48. The van der Waals surface area contributed by atoms with Gasteiger partial charge in [-0.1, -0.05) is 22.0 Å². The number of hydrogen-bond donors (Lipinski definition) is 0. The molecule has 0 amide bonds. The summed E-state index contributed by atoms with van der Waals surface area (Å²) in [6, 6.07) is 3.54. The smallest absolute Gasteiger partial charge is 0.383 e. The molecule has 0 heterocycles. The van der Waals surface area contributed by atoms with E-state index >= 15 is 0 Å². The zero-order chi connectivity index (χ0) is 13.1. The first-order valence-corrected chi connectivity index (χ1v) is 6.06. The van der Waals surface area contributed by atoms with Crippen LogP contribution in [0.15, 0.2) is 22.7 Å². The van der Waals surface area contributed by atoms with E-state index in [2.05, 4.69) is 15.9 Å². The normalized spacial score (nSPS) is 13.8. The van der Waals surface area contributed by atoms with E-state index in [0.29, 0.717) is 17.5 Å². The topological polar surface area (TPSA) is 9.23 Å². The molecule has 0 aromatic heterocycles. The molecule has 0 saturated heterocycles. The van der Waals surface area contributed by atoms with Gasteiger partial charge in [-0.25, -0.2) is 0 Å². The summed E-state index contributed by atoms with van der Waals surface area (Å²) >= 11 is 9.07. The Morgan fingerprint density at radius 1 is 1.41 bits per heavy atom. The second-order valence-corrected chi connectivity index (χ2v) is 5.03. The van der Waals surface area contributed by atoms with Crippen molar-refractivity contribution in [1.29, 1.82) is 0 Å². The molecule has 1 atom stereocenters. The van der Waals surface area contributed by atoms with Crippen molar-refractivity contribution in [1.82, 2.24) is 0 Å². The molecule has 6 heteroatoms. The summed E-state index contributed by atoms with van der Waals surface area (Å²) in [6.45, 7) is 0.356. The molecule has 0 aliphatic carbocycles. The molecule has 0 radical (unpaired) electrons. The van der Waals surface area contributed by atoms with Crippen LogP contribution in [0.25, 0.3) is 0 Å². The molecule has 1 aromatic carbocycles. The molecule has 17 heavy (non-hydrogen) atoms.